The first-order valence-corrected chi connectivity index (χ1v) is 2.51. The molecule has 2 nitrogen and oxygen atoms in total. The molecule has 4 heteroatoms. The van der Waals surface area contributed by atoms with Crippen LogP contribution in [-0.2, 0) is 19.5 Å². The fraction of sp³-hybridized carbons (Fsp3) is 1.00. The largest absolute Gasteiger partial charge is 0.397 e. The first-order chi connectivity index (χ1) is 2.83. The molecule has 48 valence electrons. The third-order valence-electron chi connectivity index (χ3n) is 0. The molecule has 0 heterocycles. The van der Waals surface area contributed by atoms with Gasteiger partial charge in [0.1, 0.15) is 0 Å². The van der Waals surface area contributed by atoms with Crippen molar-refractivity contribution in [3.8, 4) is 0 Å². The summed E-state index contributed by atoms with van der Waals surface area (Å²) in [5.74, 6) is 0. The Morgan fingerprint density at radius 1 is 1.71 bits per heavy atom. The zero-order valence-electron chi connectivity index (χ0n) is 4.39. The van der Waals surface area contributed by atoms with E-state index in [1.165, 1.54) is 0 Å². The Bertz CT molecular complexity index is 16.9. The van der Waals surface area contributed by atoms with E-state index in [2.05, 4.69) is 20.5 Å². The molecule has 0 aromatic rings. The molecule has 0 radical (unpaired) electrons. The van der Waals surface area contributed by atoms with E-state index in [4.69, 9.17) is 5.11 Å². The molecular formula is C3H10BrNORu. The SMILES string of the molecule is CCO.CNBr.[Ru]. The molecule has 0 aromatic heterocycles. The van der Waals surface area contributed by atoms with Crippen molar-refractivity contribution in [2.45, 2.75) is 6.92 Å². The summed E-state index contributed by atoms with van der Waals surface area (Å²) in [5, 5.41) is 7.57. The van der Waals surface area contributed by atoms with Crippen molar-refractivity contribution in [1.82, 2.24) is 4.34 Å². The van der Waals surface area contributed by atoms with Crippen LogP contribution in [0.4, 0.5) is 0 Å². The quantitative estimate of drug-likeness (QED) is 0.489. The second kappa shape index (κ2) is 27.9. The van der Waals surface area contributed by atoms with Crippen molar-refractivity contribution in [3.05, 3.63) is 0 Å². The van der Waals surface area contributed by atoms with Gasteiger partial charge in [-0.3, -0.25) is 4.34 Å². The summed E-state index contributed by atoms with van der Waals surface area (Å²) in [6, 6.07) is 0. The Labute approximate surface area is 65.8 Å². The Kier molecular flexibility index (Phi) is 62.5. The third kappa shape index (κ3) is 169. The molecule has 0 unspecified atom stereocenters. The van der Waals surface area contributed by atoms with Crippen molar-refractivity contribution < 1.29 is 24.6 Å². The maximum atomic E-state index is 7.57. The number of hydrogen-bond acceptors (Lipinski definition) is 2. The van der Waals surface area contributed by atoms with Gasteiger partial charge in [0, 0.05) is 42.2 Å². The van der Waals surface area contributed by atoms with E-state index in [0.29, 0.717) is 0 Å². The van der Waals surface area contributed by atoms with E-state index in [-0.39, 0.29) is 26.1 Å². The molecule has 2 N–H and O–H groups in total. The second-order valence-corrected chi connectivity index (χ2v) is 1.30. The number of aliphatic hydroxyl groups excluding tert-OH is 1. The van der Waals surface area contributed by atoms with Crippen LogP contribution in [0.25, 0.3) is 0 Å². The summed E-state index contributed by atoms with van der Waals surface area (Å²) in [5.41, 5.74) is 0. The zero-order valence-corrected chi connectivity index (χ0v) is 7.71. The molecule has 0 aliphatic heterocycles. The van der Waals surface area contributed by atoms with Crippen LogP contribution in [0.3, 0.4) is 0 Å². The van der Waals surface area contributed by atoms with E-state index < -0.39 is 0 Å². The fourth-order valence-electron chi connectivity index (χ4n) is 0. The van der Waals surface area contributed by atoms with Gasteiger partial charge in [0.05, 0.1) is 0 Å². The summed E-state index contributed by atoms with van der Waals surface area (Å²) < 4.78 is 2.56. The fourth-order valence-corrected chi connectivity index (χ4v) is 0. The molecule has 0 aliphatic rings. The first kappa shape index (κ1) is 15.7. The molecule has 0 saturated carbocycles. The van der Waals surface area contributed by atoms with Gasteiger partial charge in [0.25, 0.3) is 0 Å². The predicted molar refractivity (Wildman–Crippen MR) is 30.7 cm³/mol. The molecule has 0 aromatic carbocycles. The Morgan fingerprint density at radius 2 is 1.71 bits per heavy atom. The van der Waals surface area contributed by atoms with Gasteiger partial charge in [-0.2, -0.15) is 0 Å². The minimum atomic E-state index is 0. The summed E-state index contributed by atoms with van der Waals surface area (Å²) in [7, 11) is 1.79. The van der Waals surface area contributed by atoms with E-state index in [0.717, 1.165) is 0 Å². The molecule has 0 fully saturated rings. The van der Waals surface area contributed by atoms with Crippen LogP contribution in [-0.4, -0.2) is 18.8 Å². The van der Waals surface area contributed by atoms with Crippen LogP contribution in [0, 0.1) is 0 Å². The summed E-state index contributed by atoms with van der Waals surface area (Å²) in [6.45, 7) is 1.93. The maximum Gasteiger partial charge on any atom is 0.0402 e. The number of aliphatic hydroxyl groups is 1. The minimum absolute atomic E-state index is 0. The molecule has 0 amide bonds. The third-order valence-corrected chi connectivity index (χ3v) is 0. The van der Waals surface area contributed by atoms with Crippen molar-refractivity contribution in [2.75, 3.05) is 13.7 Å². The molecule has 0 aliphatic carbocycles. The summed E-state index contributed by atoms with van der Waals surface area (Å²) in [4.78, 5) is 0. The molecule has 0 saturated heterocycles. The second-order valence-electron chi connectivity index (χ2n) is 0.505. The van der Waals surface area contributed by atoms with Crippen molar-refractivity contribution in [3.63, 3.8) is 0 Å². The monoisotopic (exact) mass is 257 g/mol. The zero-order chi connectivity index (χ0) is 5.41. The summed E-state index contributed by atoms with van der Waals surface area (Å²) in [6.07, 6.45) is 0. The average molecular weight is 257 g/mol. The van der Waals surface area contributed by atoms with Crippen LogP contribution < -0.4 is 4.34 Å². The van der Waals surface area contributed by atoms with Gasteiger partial charge in [-0.05, 0) is 14.0 Å². The van der Waals surface area contributed by atoms with Gasteiger partial charge >= 0.3 is 0 Å². The van der Waals surface area contributed by atoms with Crippen LogP contribution in [0.5, 0.6) is 0 Å². The van der Waals surface area contributed by atoms with Gasteiger partial charge in [-0.1, -0.05) is 0 Å². The minimum Gasteiger partial charge on any atom is -0.397 e. The van der Waals surface area contributed by atoms with E-state index >= 15 is 0 Å². The first-order valence-electron chi connectivity index (χ1n) is 1.71. The Hall–Kier alpha value is 1.02. The van der Waals surface area contributed by atoms with E-state index in [1.807, 2.05) is 0 Å². The van der Waals surface area contributed by atoms with E-state index in [1.54, 1.807) is 14.0 Å². The molecule has 0 bridgehead atoms. The van der Waals surface area contributed by atoms with Gasteiger partial charge in [0.2, 0.25) is 0 Å². The number of rotatable bonds is 0. The van der Waals surface area contributed by atoms with Gasteiger partial charge in [-0.25, -0.2) is 0 Å². The molecule has 0 spiro atoms. The normalized spacial score (nSPS) is 5.14. The number of hydrogen-bond donors (Lipinski definition) is 2. The maximum absolute atomic E-state index is 7.57. The smallest absolute Gasteiger partial charge is 0.0402 e. The van der Waals surface area contributed by atoms with Crippen molar-refractivity contribution in [2.24, 2.45) is 0 Å². The molecular weight excluding hydrogens is 247 g/mol. The van der Waals surface area contributed by atoms with Crippen LogP contribution in [0.2, 0.25) is 0 Å². The number of nitrogens with one attached hydrogen (secondary N) is 1. The van der Waals surface area contributed by atoms with Crippen LogP contribution in [0.15, 0.2) is 0 Å². The van der Waals surface area contributed by atoms with Gasteiger partial charge in [0.15, 0.2) is 0 Å². The van der Waals surface area contributed by atoms with E-state index in [9.17, 15) is 0 Å². The van der Waals surface area contributed by atoms with Gasteiger partial charge < -0.3 is 5.11 Å². The Balaban J connectivity index is -0.0000000400. The number of halogens is 1. The average Bonchev–Trinajstić information content (AvgIpc) is 1.39. The van der Waals surface area contributed by atoms with Crippen molar-refractivity contribution in [1.29, 1.82) is 0 Å². The van der Waals surface area contributed by atoms with Crippen LogP contribution >= 0.6 is 16.1 Å². The molecule has 0 atom stereocenters. The topological polar surface area (TPSA) is 32.3 Å². The van der Waals surface area contributed by atoms with Gasteiger partial charge in [-0.15, -0.1) is 0 Å². The van der Waals surface area contributed by atoms with Crippen molar-refractivity contribution >= 4 is 16.1 Å². The predicted octanol–water partition coefficient (Wildman–Crippen LogP) is 0.512. The molecule has 0 rings (SSSR count). The molecule has 7 heavy (non-hydrogen) atoms. The van der Waals surface area contributed by atoms with Crippen LogP contribution in [0.1, 0.15) is 6.92 Å². The summed E-state index contributed by atoms with van der Waals surface area (Å²) >= 11 is 2.90. The Morgan fingerprint density at radius 3 is 1.71 bits per heavy atom. The standard InChI is InChI=1S/C2H6O.CH4BrN.Ru/c1-2-3;1-3-2;/h3H,2H2,1H3;3H,1H3;.